The number of unbranched alkanes of at least 4 members (excludes halogenated alkanes) is 8. The average molecular weight is 609 g/mol. The van der Waals surface area contributed by atoms with Gasteiger partial charge in [0.15, 0.2) is 6.79 Å². The number of nitro benzene ring substituents is 1. The van der Waals surface area contributed by atoms with Crippen molar-refractivity contribution < 1.29 is 33.4 Å². The van der Waals surface area contributed by atoms with Gasteiger partial charge in [-0.25, -0.2) is 0 Å². The number of hydrogen-bond acceptors (Lipinski definition) is 8. The SMILES string of the molecule is CCOC(=O)CCCCCCCCCCCOCc1cc([N+](=O)[O-])cc(I)c1OCOCCOC. The van der Waals surface area contributed by atoms with Gasteiger partial charge in [0.25, 0.3) is 5.69 Å². The Labute approximate surface area is 222 Å². The first-order valence-corrected chi connectivity index (χ1v) is 13.5. The van der Waals surface area contributed by atoms with Crippen LogP contribution in [0.25, 0.3) is 0 Å². The van der Waals surface area contributed by atoms with Crippen molar-refractivity contribution >= 4 is 34.2 Å². The maximum atomic E-state index is 11.3. The number of nitro groups is 1. The van der Waals surface area contributed by atoms with Crippen LogP contribution in [-0.2, 0) is 30.3 Å². The molecule has 1 rings (SSSR count). The second kappa shape index (κ2) is 20.7. The van der Waals surface area contributed by atoms with Gasteiger partial charge in [0.2, 0.25) is 0 Å². The molecular weight excluding hydrogens is 569 g/mol. The Morgan fingerprint density at radius 3 is 2.23 bits per heavy atom. The number of hydrogen-bond donors (Lipinski definition) is 0. The Morgan fingerprint density at radius 1 is 0.943 bits per heavy atom. The molecule has 0 aliphatic carbocycles. The lowest BCUT2D eigenvalue weighted by atomic mass is 10.1. The number of rotatable bonds is 22. The van der Waals surface area contributed by atoms with Gasteiger partial charge >= 0.3 is 5.97 Å². The van der Waals surface area contributed by atoms with E-state index in [4.69, 9.17) is 23.7 Å². The molecule has 0 radical (unpaired) electrons. The highest BCUT2D eigenvalue weighted by Gasteiger charge is 2.17. The third-order valence-electron chi connectivity index (χ3n) is 5.27. The molecule has 0 aliphatic heterocycles. The minimum atomic E-state index is -0.412. The van der Waals surface area contributed by atoms with Crippen LogP contribution in [0.15, 0.2) is 12.1 Å². The molecule has 0 aromatic heterocycles. The number of halogens is 1. The summed E-state index contributed by atoms with van der Waals surface area (Å²) in [5, 5.41) is 11.2. The zero-order chi connectivity index (χ0) is 25.7. The predicted molar refractivity (Wildman–Crippen MR) is 142 cm³/mol. The van der Waals surface area contributed by atoms with Crippen molar-refractivity contribution in [2.24, 2.45) is 0 Å². The van der Waals surface area contributed by atoms with Crippen LogP contribution in [0.2, 0.25) is 0 Å². The average Bonchev–Trinajstić information content (AvgIpc) is 2.83. The van der Waals surface area contributed by atoms with E-state index in [1.807, 2.05) is 29.5 Å². The summed E-state index contributed by atoms with van der Waals surface area (Å²) in [7, 11) is 1.59. The van der Waals surface area contributed by atoms with Crippen LogP contribution in [0.1, 0.15) is 76.7 Å². The fourth-order valence-corrected chi connectivity index (χ4v) is 4.26. The zero-order valence-electron chi connectivity index (χ0n) is 21.1. The van der Waals surface area contributed by atoms with Crippen molar-refractivity contribution in [3.05, 3.63) is 31.4 Å². The first kappa shape index (κ1) is 31.5. The van der Waals surface area contributed by atoms with Crippen molar-refractivity contribution in [1.82, 2.24) is 0 Å². The molecule has 0 atom stereocenters. The standard InChI is InChI=1S/C25H40INO8/c1-3-34-24(28)13-11-9-7-5-4-6-8-10-12-14-32-19-21-17-22(27(29)30)18-23(26)25(21)35-20-33-16-15-31-2/h17-18H,3-16,19-20H2,1-2H3. The largest absolute Gasteiger partial charge is 0.466 e. The third-order valence-corrected chi connectivity index (χ3v) is 6.07. The van der Waals surface area contributed by atoms with E-state index in [0.717, 1.165) is 38.5 Å². The molecule has 35 heavy (non-hydrogen) atoms. The Kier molecular flexibility index (Phi) is 18.6. The number of esters is 1. The molecular formula is C25H40INO8. The van der Waals surface area contributed by atoms with Crippen molar-refractivity contribution in [3.8, 4) is 5.75 Å². The van der Waals surface area contributed by atoms with Crippen molar-refractivity contribution in [2.75, 3.05) is 40.3 Å². The molecule has 0 saturated heterocycles. The lowest BCUT2D eigenvalue weighted by molar-refractivity contribution is -0.385. The van der Waals surface area contributed by atoms with E-state index in [1.54, 1.807) is 7.11 Å². The van der Waals surface area contributed by atoms with E-state index in [0.29, 0.717) is 47.7 Å². The molecule has 0 bridgehead atoms. The van der Waals surface area contributed by atoms with Crippen LogP contribution < -0.4 is 4.74 Å². The molecule has 0 amide bonds. The normalized spacial score (nSPS) is 10.9. The first-order chi connectivity index (χ1) is 17.0. The summed E-state index contributed by atoms with van der Waals surface area (Å²) >= 11 is 2.03. The van der Waals surface area contributed by atoms with E-state index >= 15 is 0 Å². The van der Waals surface area contributed by atoms with Crippen LogP contribution in [0.5, 0.6) is 5.75 Å². The van der Waals surface area contributed by atoms with Gasteiger partial charge in [0, 0.05) is 37.8 Å². The Morgan fingerprint density at radius 2 is 1.60 bits per heavy atom. The van der Waals surface area contributed by atoms with Gasteiger partial charge in [0.05, 0.1) is 34.9 Å². The Bertz CT molecular complexity index is 732. The van der Waals surface area contributed by atoms with Gasteiger partial charge in [-0.15, -0.1) is 0 Å². The van der Waals surface area contributed by atoms with Crippen LogP contribution in [0.4, 0.5) is 5.69 Å². The van der Waals surface area contributed by atoms with E-state index in [1.165, 1.54) is 31.4 Å². The highest BCUT2D eigenvalue weighted by molar-refractivity contribution is 14.1. The maximum absolute atomic E-state index is 11.3. The summed E-state index contributed by atoms with van der Waals surface area (Å²) in [6.45, 7) is 4.04. The number of ether oxygens (including phenoxy) is 5. The highest BCUT2D eigenvalue weighted by atomic mass is 127. The minimum Gasteiger partial charge on any atom is -0.466 e. The van der Waals surface area contributed by atoms with Gasteiger partial charge in [-0.1, -0.05) is 44.9 Å². The van der Waals surface area contributed by atoms with Crippen molar-refractivity contribution in [1.29, 1.82) is 0 Å². The number of methoxy groups -OCH3 is 1. The van der Waals surface area contributed by atoms with Crippen LogP contribution >= 0.6 is 22.6 Å². The molecule has 10 heteroatoms. The fraction of sp³-hybridized carbons (Fsp3) is 0.720. The minimum absolute atomic E-state index is 0.0153. The van der Waals surface area contributed by atoms with Gasteiger partial charge in [0.1, 0.15) is 5.75 Å². The van der Waals surface area contributed by atoms with Crippen LogP contribution in [0, 0.1) is 13.7 Å². The smallest absolute Gasteiger partial charge is 0.305 e. The molecule has 0 N–H and O–H groups in total. The monoisotopic (exact) mass is 609 g/mol. The summed E-state index contributed by atoms with van der Waals surface area (Å²) in [5.74, 6) is 0.460. The number of benzene rings is 1. The van der Waals surface area contributed by atoms with Crippen LogP contribution in [-0.4, -0.2) is 51.2 Å². The second-order valence-electron chi connectivity index (χ2n) is 8.13. The third kappa shape index (κ3) is 15.3. The number of carbonyl (C=O) groups excluding carboxylic acids is 1. The summed E-state index contributed by atoms with van der Waals surface area (Å²) in [6, 6.07) is 2.98. The van der Waals surface area contributed by atoms with Crippen molar-refractivity contribution in [2.45, 2.75) is 77.7 Å². The van der Waals surface area contributed by atoms with Gasteiger partial charge in [-0.05, 0) is 42.4 Å². The first-order valence-electron chi connectivity index (χ1n) is 12.4. The summed E-state index contributed by atoms with van der Waals surface area (Å²) in [4.78, 5) is 22.1. The van der Waals surface area contributed by atoms with Gasteiger partial charge in [-0.2, -0.15) is 0 Å². The number of carbonyl (C=O) groups is 1. The van der Waals surface area contributed by atoms with E-state index < -0.39 is 4.92 Å². The number of nitrogens with zero attached hydrogens (tertiary/aromatic N) is 1. The highest BCUT2D eigenvalue weighted by Crippen LogP contribution is 2.31. The molecule has 0 unspecified atom stereocenters. The second-order valence-corrected chi connectivity index (χ2v) is 9.29. The predicted octanol–water partition coefficient (Wildman–Crippen LogP) is 6.18. The summed E-state index contributed by atoms with van der Waals surface area (Å²) in [6.07, 6.45) is 10.5. The molecule has 0 aliphatic rings. The molecule has 0 fully saturated rings. The summed E-state index contributed by atoms with van der Waals surface area (Å²) < 4.78 is 27.4. The molecule has 9 nitrogen and oxygen atoms in total. The number of non-ortho nitro benzene ring substituents is 1. The lowest BCUT2D eigenvalue weighted by Gasteiger charge is -2.14. The van der Waals surface area contributed by atoms with Gasteiger partial charge in [-0.3, -0.25) is 14.9 Å². The van der Waals surface area contributed by atoms with E-state index in [-0.39, 0.29) is 25.1 Å². The molecule has 200 valence electrons. The topological polar surface area (TPSA) is 106 Å². The molecule has 1 aromatic carbocycles. The Hall–Kier alpha value is -1.50. The zero-order valence-corrected chi connectivity index (χ0v) is 23.2. The molecule has 1 aromatic rings. The molecule has 0 saturated carbocycles. The van der Waals surface area contributed by atoms with Gasteiger partial charge < -0.3 is 23.7 Å². The van der Waals surface area contributed by atoms with E-state index in [9.17, 15) is 14.9 Å². The molecule has 0 heterocycles. The van der Waals surface area contributed by atoms with Crippen molar-refractivity contribution in [3.63, 3.8) is 0 Å². The van der Waals surface area contributed by atoms with E-state index in [2.05, 4.69) is 0 Å². The lowest BCUT2D eigenvalue weighted by Crippen LogP contribution is -2.10. The quantitative estimate of drug-likeness (QED) is 0.0383. The van der Waals surface area contributed by atoms with Crippen LogP contribution in [0.3, 0.4) is 0 Å². The maximum Gasteiger partial charge on any atom is 0.305 e. The Balaban J connectivity index is 2.22. The molecule has 0 spiro atoms. The fourth-order valence-electron chi connectivity index (χ4n) is 3.44. The summed E-state index contributed by atoms with van der Waals surface area (Å²) in [5.41, 5.74) is 0.656.